The number of rotatable bonds is 5. The van der Waals surface area contributed by atoms with Crippen LogP contribution < -0.4 is 16.0 Å². The molecule has 0 unspecified atom stereocenters. The van der Waals surface area contributed by atoms with Gasteiger partial charge in [0.05, 0.1) is 11.3 Å². The second-order valence-corrected chi connectivity index (χ2v) is 6.87. The second kappa shape index (κ2) is 8.84. The third kappa shape index (κ3) is 5.35. The van der Waals surface area contributed by atoms with E-state index in [1.807, 2.05) is 19.1 Å². The standard InChI is InChI=1S/C17H17Br2N3O2/c1-2-8-20-16(23)14-7-6-12(19)10-15(14)22-17(24)21-13-5-3-4-11(18)9-13/h3-7,9-10H,2,8H2,1H3,(H,20,23)(H2,21,22,24). The molecule has 0 aromatic heterocycles. The van der Waals surface area contributed by atoms with Gasteiger partial charge in [0.2, 0.25) is 0 Å². The lowest BCUT2D eigenvalue weighted by molar-refractivity contribution is 0.0954. The fraction of sp³-hybridized carbons (Fsp3) is 0.176. The molecule has 0 radical (unpaired) electrons. The Balaban J connectivity index is 2.14. The lowest BCUT2D eigenvalue weighted by Gasteiger charge is -2.13. The van der Waals surface area contributed by atoms with E-state index in [4.69, 9.17) is 0 Å². The van der Waals surface area contributed by atoms with Gasteiger partial charge in [-0.1, -0.05) is 44.8 Å². The van der Waals surface area contributed by atoms with Crippen LogP contribution in [0.5, 0.6) is 0 Å². The van der Waals surface area contributed by atoms with Crippen molar-refractivity contribution in [1.29, 1.82) is 0 Å². The molecule has 24 heavy (non-hydrogen) atoms. The molecule has 2 aromatic rings. The summed E-state index contributed by atoms with van der Waals surface area (Å²) in [6.07, 6.45) is 0.842. The van der Waals surface area contributed by atoms with Crippen LogP contribution in [-0.2, 0) is 0 Å². The van der Waals surface area contributed by atoms with Crippen molar-refractivity contribution in [1.82, 2.24) is 5.32 Å². The Hall–Kier alpha value is -1.86. The van der Waals surface area contributed by atoms with Crippen LogP contribution in [0.2, 0.25) is 0 Å². The summed E-state index contributed by atoms with van der Waals surface area (Å²) in [7, 11) is 0. The van der Waals surface area contributed by atoms with Gasteiger partial charge < -0.3 is 16.0 Å². The van der Waals surface area contributed by atoms with Gasteiger partial charge in [-0.3, -0.25) is 4.79 Å². The number of amides is 3. The fourth-order valence-corrected chi connectivity index (χ4v) is 2.76. The van der Waals surface area contributed by atoms with E-state index in [1.54, 1.807) is 30.3 Å². The van der Waals surface area contributed by atoms with Gasteiger partial charge in [-0.15, -0.1) is 0 Å². The molecule has 3 N–H and O–H groups in total. The van der Waals surface area contributed by atoms with Crippen molar-refractivity contribution in [3.63, 3.8) is 0 Å². The molecule has 0 fully saturated rings. The number of benzene rings is 2. The first-order valence-electron chi connectivity index (χ1n) is 7.41. The Morgan fingerprint density at radius 2 is 1.75 bits per heavy atom. The smallest absolute Gasteiger partial charge is 0.323 e. The highest BCUT2D eigenvalue weighted by molar-refractivity contribution is 9.10. The number of carbonyl (C=O) groups is 2. The van der Waals surface area contributed by atoms with E-state index < -0.39 is 6.03 Å². The number of nitrogens with one attached hydrogen (secondary N) is 3. The first-order chi connectivity index (χ1) is 11.5. The monoisotopic (exact) mass is 453 g/mol. The van der Waals surface area contributed by atoms with Crippen LogP contribution in [0.4, 0.5) is 16.2 Å². The van der Waals surface area contributed by atoms with Gasteiger partial charge in [0.1, 0.15) is 0 Å². The minimum Gasteiger partial charge on any atom is -0.352 e. The van der Waals surface area contributed by atoms with E-state index >= 15 is 0 Å². The third-order valence-electron chi connectivity index (χ3n) is 3.09. The minimum absolute atomic E-state index is 0.220. The molecule has 2 rings (SSSR count). The molecule has 0 saturated carbocycles. The molecular weight excluding hydrogens is 438 g/mol. The van der Waals surface area contributed by atoms with E-state index in [1.165, 1.54) is 0 Å². The summed E-state index contributed by atoms with van der Waals surface area (Å²) in [4.78, 5) is 24.4. The summed E-state index contributed by atoms with van der Waals surface area (Å²) in [5.74, 6) is -0.220. The van der Waals surface area contributed by atoms with Crippen LogP contribution in [0.25, 0.3) is 0 Å². The maximum atomic E-state index is 12.2. The number of hydrogen-bond acceptors (Lipinski definition) is 2. The van der Waals surface area contributed by atoms with Gasteiger partial charge in [-0.25, -0.2) is 4.79 Å². The fourth-order valence-electron chi connectivity index (χ4n) is 2.00. The molecule has 126 valence electrons. The maximum Gasteiger partial charge on any atom is 0.323 e. The van der Waals surface area contributed by atoms with Gasteiger partial charge >= 0.3 is 6.03 Å². The summed E-state index contributed by atoms with van der Waals surface area (Å²) < 4.78 is 1.63. The van der Waals surface area contributed by atoms with Crippen molar-refractivity contribution in [3.8, 4) is 0 Å². The molecule has 0 aliphatic heterocycles. The molecule has 0 spiro atoms. The van der Waals surface area contributed by atoms with Crippen LogP contribution in [0.3, 0.4) is 0 Å². The molecule has 2 aromatic carbocycles. The van der Waals surface area contributed by atoms with E-state index in [0.717, 1.165) is 15.4 Å². The summed E-state index contributed by atoms with van der Waals surface area (Å²) in [6.45, 7) is 2.56. The normalized spacial score (nSPS) is 10.1. The first-order valence-corrected chi connectivity index (χ1v) is 8.99. The molecule has 0 aliphatic carbocycles. The van der Waals surface area contributed by atoms with E-state index in [-0.39, 0.29) is 5.91 Å². The highest BCUT2D eigenvalue weighted by Crippen LogP contribution is 2.22. The Labute approximate surface area is 157 Å². The van der Waals surface area contributed by atoms with Crippen LogP contribution in [-0.4, -0.2) is 18.5 Å². The molecular formula is C17H17Br2N3O2. The second-order valence-electron chi connectivity index (χ2n) is 5.04. The summed E-state index contributed by atoms with van der Waals surface area (Å²) in [6, 6.07) is 12.0. The van der Waals surface area contributed by atoms with Crippen LogP contribution in [0, 0.1) is 0 Å². The summed E-state index contributed by atoms with van der Waals surface area (Å²) in [5, 5.41) is 8.26. The molecule has 7 heteroatoms. The average molecular weight is 455 g/mol. The lowest BCUT2D eigenvalue weighted by Crippen LogP contribution is -2.27. The van der Waals surface area contributed by atoms with E-state index in [9.17, 15) is 9.59 Å². The zero-order valence-electron chi connectivity index (χ0n) is 13.0. The topological polar surface area (TPSA) is 70.2 Å². The van der Waals surface area contributed by atoms with Gasteiger partial charge in [-0.2, -0.15) is 0 Å². The first kappa shape index (κ1) is 18.5. The molecule has 3 amide bonds. The maximum absolute atomic E-state index is 12.2. The average Bonchev–Trinajstić information content (AvgIpc) is 2.52. The molecule has 0 saturated heterocycles. The number of anilines is 2. The van der Waals surface area contributed by atoms with Crippen molar-refractivity contribution >= 4 is 55.2 Å². The van der Waals surface area contributed by atoms with Gasteiger partial charge in [0.25, 0.3) is 5.91 Å². The Kier molecular flexibility index (Phi) is 6.81. The minimum atomic E-state index is -0.421. The third-order valence-corrected chi connectivity index (χ3v) is 4.08. The van der Waals surface area contributed by atoms with E-state index in [0.29, 0.717) is 23.5 Å². The van der Waals surface area contributed by atoms with Crippen molar-refractivity contribution in [2.45, 2.75) is 13.3 Å². The molecule has 0 aliphatic rings. The molecule has 0 atom stereocenters. The Bertz CT molecular complexity index is 750. The Morgan fingerprint density at radius 1 is 1.00 bits per heavy atom. The van der Waals surface area contributed by atoms with Gasteiger partial charge in [-0.05, 0) is 42.8 Å². The quantitative estimate of drug-likeness (QED) is 0.595. The van der Waals surface area contributed by atoms with Crippen molar-refractivity contribution < 1.29 is 9.59 Å². The van der Waals surface area contributed by atoms with E-state index in [2.05, 4.69) is 47.8 Å². The molecule has 5 nitrogen and oxygen atoms in total. The summed E-state index contributed by atoms with van der Waals surface area (Å²) >= 11 is 6.71. The van der Waals surface area contributed by atoms with Crippen molar-refractivity contribution in [3.05, 3.63) is 57.0 Å². The van der Waals surface area contributed by atoms with Crippen LogP contribution >= 0.6 is 31.9 Å². The number of urea groups is 1. The van der Waals surface area contributed by atoms with Crippen LogP contribution in [0.1, 0.15) is 23.7 Å². The van der Waals surface area contributed by atoms with Crippen molar-refractivity contribution in [2.24, 2.45) is 0 Å². The zero-order chi connectivity index (χ0) is 17.5. The zero-order valence-corrected chi connectivity index (χ0v) is 16.2. The van der Waals surface area contributed by atoms with Gasteiger partial charge in [0, 0.05) is 21.2 Å². The number of hydrogen-bond donors (Lipinski definition) is 3. The Morgan fingerprint density at radius 3 is 2.46 bits per heavy atom. The molecule has 0 heterocycles. The van der Waals surface area contributed by atoms with Crippen molar-refractivity contribution in [2.75, 3.05) is 17.2 Å². The predicted molar refractivity (Wildman–Crippen MR) is 104 cm³/mol. The number of halogens is 2. The molecule has 0 bridgehead atoms. The summed E-state index contributed by atoms with van der Waals surface area (Å²) in [5.41, 5.74) is 1.50. The largest absolute Gasteiger partial charge is 0.352 e. The van der Waals surface area contributed by atoms with Gasteiger partial charge in [0.15, 0.2) is 0 Å². The lowest BCUT2D eigenvalue weighted by atomic mass is 10.1. The highest BCUT2D eigenvalue weighted by Gasteiger charge is 2.14. The SMILES string of the molecule is CCCNC(=O)c1ccc(Br)cc1NC(=O)Nc1cccc(Br)c1. The number of carbonyl (C=O) groups excluding carboxylic acids is 2. The predicted octanol–water partition coefficient (Wildman–Crippen LogP) is 5.00. The van der Waals surface area contributed by atoms with Crippen LogP contribution in [0.15, 0.2) is 51.4 Å². The highest BCUT2D eigenvalue weighted by atomic mass is 79.9.